The Balaban J connectivity index is 1.51. The molecule has 0 spiro atoms. The van der Waals surface area contributed by atoms with Crippen LogP contribution in [-0.2, 0) is 12.2 Å². The summed E-state index contributed by atoms with van der Waals surface area (Å²) in [6.45, 7) is 6.04. The predicted octanol–water partition coefficient (Wildman–Crippen LogP) is 4.75. The van der Waals surface area contributed by atoms with Crippen LogP contribution in [-0.4, -0.2) is 16.8 Å². The fourth-order valence-electron chi connectivity index (χ4n) is 2.56. The van der Waals surface area contributed by atoms with Gasteiger partial charge in [-0.25, -0.2) is 4.98 Å². The van der Waals surface area contributed by atoms with Gasteiger partial charge in [-0.05, 0) is 56.2 Å². The van der Waals surface area contributed by atoms with E-state index in [0.29, 0.717) is 10.4 Å². The van der Waals surface area contributed by atoms with Gasteiger partial charge in [-0.1, -0.05) is 6.92 Å². The number of aryl methyl sites for hydroxylation is 3. The highest BCUT2D eigenvalue weighted by Crippen LogP contribution is 2.24. The van der Waals surface area contributed by atoms with Crippen LogP contribution in [0.5, 0.6) is 0 Å². The Hall–Kier alpha value is -2.16. The minimum Gasteiger partial charge on any atom is -0.267 e. The Morgan fingerprint density at radius 2 is 1.82 bits per heavy atom. The molecular weight excluding hydrogens is 410 g/mol. The molecule has 3 rings (SSSR count). The van der Waals surface area contributed by atoms with E-state index in [1.165, 1.54) is 16.2 Å². The number of thiazole rings is 1. The number of nitrogens with zero attached hydrogens (tertiary/aromatic N) is 1. The number of carbonyl (C=O) groups is 2. The Bertz CT molecular complexity index is 977. The van der Waals surface area contributed by atoms with Crippen LogP contribution in [0.4, 0.5) is 0 Å². The van der Waals surface area contributed by atoms with Crippen molar-refractivity contribution in [2.24, 2.45) is 0 Å². The van der Waals surface area contributed by atoms with Crippen molar-refractivity contribution in [3.8, 4) is 0 Å². The molecule has 0 bridgehead atoms. The van der Waals surface area contributed by atoms with Crippen LogP contribution in [0.3, 0.4) is 0 Å². The average Bonchev–Trinajstić information content (AvgIpc) is 3.29. The molecule has 146 valence electrons. The van der Waals surface area contributed by atoms with Gasteiger partial charge in [0, 0.05) is 26.5 Å². The molecule has 2 N–H and O–H groups in total. The van der Waals surface area contributed by atoms with Crippen LogP contribution in [0.15, 0.2) is 40.6 Å². The van der Waals surface area contributed by atoms with Gasteiger partial charge in [0.05, 0.1) is 15.6 Å². The van der Waals surface area contributed by atoms with Crippen LogP contribution in [0.2, 0.25) is 0 Å². The lowest BCUT2D eigenvalue weighted by Crippen LogP contribution is -2.41. The van der Waals surface area contributed by atoms with Crippen molar-refractivity contribution >= 4 is 46.2 Å². The maximum atomic E-state index is 12.3. The first-order chi connectivity index (χ1) is 13.5. The second-order valence-electron chi connectivity index (χ2n) is 6.15. The molecule has 3 aromatic rings. The number of benzene rings is 1. The van der Waals surface area contributed by atoms with Gasteiger partial charge >= 0.3 is 0 Å². The van der Waals surface area contributed by atoms with Gasteiger partial charge in [-0.2, -0.15) is 0 Å². The lowest BCUT2D eigenvalue weighted by Gasteiger charge is -2.07. The normalized spacial score (nSPS) is 10.7. The summed E-state index contributed by atoms with van der Waals surface area (Å²) in [6, 6.07) is 9.15. The van der Waals surface area contributed by atoms with Crippen molar-refractivity contribution in [3.05, 3.63) is 67.3 Å². The zero-order chi connectivity index (χ0) is 20.1. The number of amides is 2. The molecule has 0 saturated heterocycles. The number of thioether (sulfide) groups is 1. The molecule has 5 nitrogen and oxygen atoms in total. The molecule has 0 radical (unpaired) electrons. The van der Waals surface area contributed by atoms with Gasteiger partial charge in [0.1, 0.15) is 0 Å². The van der Waals surface area contributed by atoms with Crippen molar-refractivity contribution in [3.63, 3.8) is 0 Å². The summed E-state index contributed by atoms with van der Waals surface area (Å²) in [5.41, 5.74) is 7.62. The van der Waals surface area contributed by atoms with Gasteiger partial charge in [0.15, 0.2) is 0 Å². The van der Waals surface area contributed by atoms with Crippen LogP contribution in [0, 0.1) is 13.8 Å². The lowest BCUT2D eigenvalue weighted by molar-refractivity contribution is 0.0849. The van der Waals surface area contributed by atoms with E-state index in [0.717, 1.165) is 33.3 Å². The molecule has 0 fully saturated rings. The Labute approximate surface area is 176 Å². The Morgan fingerprint density at radius 1 is 1.11 bits per heavy atom. The fraction of sp³-hybridized carbons (Fsp3) is 0.250. The maximum Gasteiger partial charge on any atom is 0.279 e. The van der Waals surface area contributed by atoms with E-state index in [2.05, 4.69) is 28.1 Å². The highest BCUT2D eigenvalue weighted by atomic mass is 32.2. The second kappa shape index (κ2) is 9.36. The molecule has 2 aromatic heterocycles. The first-order valence-electron chi connectivity index (χ1n) is 8.80. The van der Waals surface area contributed by atoms with E-state index in [-0.39, 0.29) is 11.8 Å². The van der Waals surface area contributed by atoms with Gasteiger partial charge in [0.25, 0.3) is 11.8 Å². The van der Waals surface area contributed by atoms with E-state index >= 15 is 0 Å². The van der Waals surface area contributed by atoms with Gasteiger partial charge in [-0.3, -0.25) is 20.4 Å². The highest BCUT2D eigenvalue weighted by Gasteiger charge is 2.13. The van der Waals surface area contributed by atoms with Crippen molar-refractivity contribution in [2.45, 2.75) is 37.8 Å². The van der Waals surface area contributed by atoms with Crippen molar-refractivity contribution < 1.29 is 9.59 Å². The summed E-state index contributed by atoms with van der Waals surface area (Å²) in [5.74, 6) is 0.155. The van der Waals surface area contributed by atoms with E-state index in [4.69, 9.17) is 0 Å². The SMILES string of the molecule is CCc1sc(C(=O)NNC(=O)c2ccc(SCc3csc(C)n3)cc2)cc1C. The standard InChI is InChI=1S/C20H21N3O2S3/c1-4-17-12(2)9-18(28-17)20(25)23-22-19(24)14-5-7-16(8-6-14)27-11-15-10-26-13(3)21-15/h5-10H,4,11H2,1-3H3,(H,22,24)(H,23,25). The molecule has 2 amide bonds. The number of hydrazine groups is 1. The number of thiophene rings is 1. The summed E-state index contributed by atoms with van der Waals surface area (Å²) in [7, 11) is 0. The van der Waals surface area contributed by atoms with Crippen LogP contribution in [0.1, 0.15) is 48.1 Å². The third kappa shape index (κ3) is 5.21. The first-order valence-corrected chi connectivity index (χ1v) is 11.5. The zero-order valence-electron chi connectivity index (χ0n) is 15.9. The summed E-state index contributed by atoms with van der Waals surface area (Å²) in [5, 5.41) is 3.12. The maximum absolute atomic E-state index is 12.3. The average molecular weight is 432 g/mol. The molecule has 28 heavy (non-hydrogen) atoms. The third-order valence-corrected chi connectivity index (χ3v) is 7.27. The minimum absolute atomic E-state index is 0.299. The zero-order valence-corrected chi connectivity index (χ0v) is 18.3. The number of rotatable bonds is 6. The van der Waals surface area contributed by atoms with Gasteiger partial charge < -0.3 is 0 Å². The molecule has 0 atom stereocenters. The van der Waals surface area contributed by atoms with Crippen LogP contribution >= 0.6 is 34.4 Å². The molecule has 0 saturated carbocycles. The Morgan fingerprint density at radius 3 is 2.43 bits per heavy atom. The van der Waals surface area contributed by atoms with Crippen molar-refractivity contribution in [2.75, 3.05) is 0 Å². The quantitative estimate of drug-likeness (QED) is 0.436. The van der Waals surface area contributed by atoms with E-state index in [1.807, 2.05) is 32.0 Å². The highest BCUT2D eigenvalue weighted by molar-refractivity contribution is 7.98. The predicted molar refractivity (Wildman–Crippen MR) is 116 cm³/mol. The Kier molecular flexibility index (Phi) is 6.88. The topological polar surface area (TPSA) is 71.1 Å². The number of carbonyl (C=O) groups excluding carboxylic acids is 2. The number of nitrogens with one attached hydrogen (secondary N) is 2. The smallest absolute Gasteiger partial charge is 0.267 e. The summed E-state index contributed by atoms with van der Waals surface area (Å²) >= 11 is 4.77. The third-order valence-electron chi connectivity index (χ3n) is 4.02. The minimum atomic E-state index is -0.344. The monoisotopic (exact) mass is 431 g/mol. The lowest BCUT2D eigenvalue weighted by atomic mass is 10.2. The van der Waals surface area contributed by atoms with Gasteiger partial charge in [-0.15, -0.1) is 34.4 Å². The molecule has 8 heteroatoms. The molecule has 1 aromatic carbocycles. The number of aromatic nitrogens is 1. The number of hydrogen-bond donors (Lipinski definition) is 2. The van der Waals surface area contributed by atoms with Crippen LogP contribution in [0.25, 0.3) is 0 Å². The number of hydrogen-bond acceptors (Lipinski definition) is 6. The molecule has 0 unspecified atom stereocenters. The second-order valence-corrected chi connectivity index (χ2v) is 9.40. The van der Waals surface area contributed by atoms with E-state index in [1.54, 1.807) is 35.2 Å². The summed E-state index contributed by atoms with van der Waals surface area (Å²) in [6.07, 6.45) is 0.891. The summed E-state index contributed by atoms with van der Waals surface area (Å²) in [4.78, 5) is 31.8. The molecule has 0 aliphatic heterocycles. The first kappa shape index (κ1) is 20.6. The van der Waals surface area contributed by atoms with Crippen molar-refractivity contribution in [1.29, 1.82) is 0 Å². The van der Waals surface area contributed by atoms with E-state index in [9.17, 15) is 9.59 Å². The van der Waals surface area contributed by atoms with Gasteiger partial charge in [0.2, 0.25) is 0 Å². The largest absolute Gasteiger partial charge is 0.279 e. The molecule has 0 aliphatic rings. The van der Waals surface area contributed by atoms with Crippen LogP contribution < -0.4 is 10.9 Å². The molecule has 0 aliphatic carbocycles. The fourth-order valence-corrected chi connectivity index (χ4v) is 5.08. The molecule has 2 heterocycles. The van der Waals surface area contributed by atoms with Crippen molar-refractivity contribution in [1.82, 2.24) is 15.8 Å². The molecular formula is C20H21N3O2S3. The summed E-state index contributed by atoms with van der Waals surface area (Å²) < 4.78 is 0. The van der Waals surface area contributed by atoms with E-state index < -0.39 is 0 Å².